The van der Waals surface area contributed by atoms with E-state index in [4.69, 9.17) is 0 Å². The lowest BCUT2D eigenvalue weighted by Gasteiger charge is -2.34. The van der Waals surface area contributed by atoms with E-state index in [1.165, 1.54) is 78.3 Å². The molecule has 2 heterocycles. The summed E-state index contributed by atoms with van der Waals surface area (Å²) >= 11 is 0. The van der Waals surface area contributed by atoms with Crippen molar-refractivity contribution in [1.29, 1.82) is 0 Å². The molecule has 0 aromatic carbocycles. The second-order valence-electron chi connectivity index (χ2n) is 6.95. The molecular formula is C18H41N5. The van der Waals surface area contributed by atoms with E-state index in [1.807, 2.05) is 0 Å². The summed E-state index contributed by atoms with van der Waals surface area (Å²) < 4.78 is 0. The van der Waals surface area contributed by atoms with Crippen molar-refractivity contribution in [3.8, 4) is 0 Å². The zero-order valence-corrected chi connectivity index (χ0v) is 16.2. The predicted molar refractivity (Wildman–Crippen MR) is 101 cm³/mol. The number of likely N-dealkylation sites (N-methyl/N-ethyl adjacent to an activating group) is 2. The Morgan fingerprint density at radius 3 is 1.30 bits per heavy atom. The third kappa shape index (κ3) is 10.3. The minimum absolute atomic E-state index is 1.09. The highest BCUT2D eigenvalue weighted by molar-refractivity contribution is 4.71. The van der Waals surface area contributed by atoms with Crippen molar-refractivity contribution < 1.29 is 0 Å². The highest BCUT2D eigenvalue weighted by Crippen LogP contribution is 2.04. The second-order valence-corrected chi connectivity index (χ2v) is 6.95. The summed E-state index contributed by atoms with van der Waals surface area (Å²) in [7, 11) is 4.54. The van der Waals surface area contributed by atoms with Crippen molar-refractivity contribution in [3.63, 3.8) is 0 Å². The Morgan fingerprint density at radius 2 is 0.957 bits per heavy atom. The molecule has 2 fully saturated rings. The van der Waals surface area contributed by atoms with Crippen LogP contribution in [0, 0.1) is 0 Å². The Morgan fingerprint density at radius 1 is 0.565 bits per heavy atom. The molecule has 2 saturated heterocycles. The molecule has 0 radical (unpaired) electrons. The summed E-state index contributed by atoms with van der Waals surface area (Å²) in [5, 5.41) is 3.11. The van der Waals surface area contributed by atoms with Crippen LogP contribution in [0.4, 0.5) is 0 Å². The minimum Gasteiger partial charge on any atom is -0.317 e. The molecule has 0 amide bonds. The minimum atomic E-state index is 1.09. The summed E-state index contributed by atoms with van der Waals surface area (Å²) in [6, 6.07) is 0. The second kappa shape index (κ2) is 13.1. The number of hydrogen-bond donors (Lipinski definition) is 1. The van der Waals surface area contributed by atoms with Gasteiger partial charge in [-0.05, 0) is 66.2 Å². The highest BCUT2D eigenvalue weighted by atomic mass is 15.2. The molecule has 0 aliphatic carbocycles. The molecule has 23 heavy (non-hydrogen) atoms. The van der Waals surface area contributed by atoms with Crippen LogP contribution in [0.2, 0.25) is 0 Å². The maximum Gasteiger partial charge on any atom is 0.0110 e. The zero-order valence-electron chi connectivity index (χ0n) is 16.2. The molecule has 0 aromatic rings. The van der Waals surface area contributed by atoms with Gasteiger partial charge >= 0.3 is 0 Å². The molecule has 2 atom stereocenters. The van der Waals surface area contributed by atoms with Crippen molar-refractivity contribution in [1.82, 2.24) is 24.9 Å². The summed E-state index contributed by atoms with van der Waals surface area (Å²) in [6.07, 6.45) is 2.64. The molecule has 2 aliphatic heterocycles. The van der Waals surface area contributed by atoms with Crippen LogP contribution < -0.4 is 5.32 Å². The van der Waals surface area contributed by atoms with Crippen LogP contribution in [-0.4, -0.2) is 112 Å². The van der Waals surface area contributed by atoms with Crippen LogP contribution >= 0.6 is 0 Å². The van der Waals surface area contributed by atoms with Crippen LogP contribution in [0.25, 0.3) is 0 Å². The lowest BCUT2D eigenvalue weighted by molar-refractivity contribution is 0.135. The fourth-order valence-corrected chi connectivity index (χ4v) is 3.18. The fourth-order valence-electron chi connectivity index (χ4n) is 3.18. The Labute approximate surface area is 145 Å². The lowest BCUT2D eigenvalue weighted by atomic mass is 10.2. The van der Waals surface area contributed by atoms with E-state index in [1.54, 1.807) is 0 Å². The molecule has 2 rings (SSSR count). The van der Waals surface area contributed by atoms with E-state index in [2.05, 4.69) is 52.9 Å². The molecular weight excluding hydrogens is 286 g/mol. The van der Waals surface area contributed by atoms with Gasteiger partial charge in [0.25, 0.3) is 0 Å². The maximum absolute atomic E-state index is 3.11. The van der Waals surface area contributed by atoms with E-state index >= 15 is 0 Å². The molecule has 0 aromatic heterocycles. The summed E-state index contributed by atoms with van der Waals surface area (Å²) in [4.78, 5) is 10.3. The molecule has 5 nitrogen and oxygen atoms in total. The van der Waals surface area contributed by atoms with Crippen LogP contribution in [0.5, 0.6) is 0 Å². The van der Waals surface area contributed by atoms with Gasteiger partial charge in [0.2, 0.25) is 0 Å². The van der Waals surface area contributed by atoms with Gasteiger partial charge in [-0.1, -0.05) is 13.8 Å². The number of fused-ring (bicyclic) bond motifs is 3. The topological polar surface area (TPSA) is 25.0 Å². The van der Waals surface area contributed by atoms with Crippen LogP contribution in [0.1, 0.15) is 26.7 Å². The van der Waals surface area contributed by atoms with Crippen molar-refractivity contribution in [2.24, 2.45) is 0 Å². The van der Waals surface area contributed by atoms with Crippen LogP contribution in [-0.2, 0) is 0 Å². The van der Waals surface area contributed by atoms with Crippen LogP contribution in [0.3, 0.4) is 0 Å². The first kappa shape index (κ1) is 20.8. The first-order valence-corrected chi connectivity index (χ1v) is 9.68. The molecule has 2 unspecified atom stereocenters. The summed E-state index contributed by atoms with van der Waals surface area (Å²) in [5.41, 5.74) is 0. The Balaban J connectivity index is 0.000000463. The summed E-state index contributed by atoms with van der Waals surface area (Å²) in [5.74, 6) is 0. The van der Waals surface area contributed by atoms with E-state index < -0.39 is 0 Å². The van der Waals surface area contributed by atoms with Gasteiger partial charge in [-0.3, -0.25) is 0 Å². The van der Waals surface area contributed by atoms with Crippen molar-refractivity contribution in [2.45, 2.75) is 26.7 Å². The zero-order chi connectivity index (χ0) is 16.9. The lowest BCUT2D eigenvalue weighted by Crippen LogP contribution is -2.45. The van der Waals surface area contributed by atoms with Gasteiger partial charge in [0.1, 0.15) is 0 Å². The van der Waals surface area contributed by atoms with E-state index in [0.717, 1.165) is 13.1 Å². The van der Waals surface area contributed by atoms with Gasteiger partial charge < -0.3 is 24.9 Å². The molecule has 0 saturated carbocycles. The smallest absolute Gasteiger partial charge is 0.0110 e. The van der Waals surface area contributed by atoms with Gasteiger partial charge in [0, 0.05) is 39.3 Å². The molecule has 138 valence electrons. The van der Waals surface area contributed by atoms with Crippen molar-refractivity contribution >= 4 is 0 Å². The molecule has 2 bridgehead atoms. The van der Waals surface area contributed by atoms with Gasteiger partial charge in [0.15, 0.2) is 0 Å². The first-order chi connectivity index (χ1) is 11.2. The molecule has 2 aliphatic rings. The number of nitrogens with zero attached hydrogens (tertiary/aromatic N) is 4. The Bertz CT molecular complexity index is 248. The fraction of sp³-hybridized carbons (Fsp3) is 1.00. The average Bonchev–Trinajstić information content (AvgIpc) is 2.55. The third-order valence-corrected chi connectivity index (χ3v) is 4.86. The predicted octanol–water partition coefficient (Wildman–Crippen LogP) is 0.877. The van der Waals surface area contributed by atoms with Crippen molar-refractivity contribution in [3.05, 3.63) is 0 Å². The van der Waals surface area contributed by atoms with E-state index in [0.29, 0.717) is 0 Å². The third-order valence-electron chi connectivity index (χ3n) is 4.86. The SMILES string of the molecule is CCNCC.CN1CCCN2CCN(C)CCCN(CC1)CC2. The first-order valence-electron chi connectivity index (χ1n) is 9.68. The van der Waals surface area contributed by atoms with Crippen LogP contribution in [0.15, 0.2) is 0 Å². The van der Waals surface area contributed by atoms with Crippen molar-refractivity contribution in [2.75, 3.05) is 92.6 Å². The number of hydrogen-bond acceptors (Lipinski definition) is 5. The molecule has 5 heteroatoms. The summed E-state index contributed by atoms with van der Waals surface area (Å²) in [6.45, 7) is 18.9. The largest absolute Gasteiger partial charge is 0.317 e. The van der Waals surface area contributed by atoms with E-state index in [9.17, 15) is 0 Å². The Hall–Kier alpha value is -0.200. The van der Waals surface area contributed by atoms with Gasteiger partial charge in [0.05, 0.1) is 0 Å². The molecule has 0 spiro atoms. The van der Waals surface area contributed by atoms with Gasteiger partial charge in [-0.2, -0.15) is 0 Å². The molecule has 1 N–H and O–H groups in total. The Kier molecular flexibility index (Phi) is 11.9. The average molecular weight is 328 g/mol. The number of nitrogens with one attached hydrogen (secondary N) is 1. The van der Waals surface area contributed by atoms with E-state index in [-0.39, 0.29) is 0 Å². The van der Waals surface area contributed by atoms with Gasteiger partial charge in [-0.15, -0.1) is 0 Å². The van der Waals surface area contributed by atoms with Gasteiger partial charge in [-0.25, -0.2) is 0 Å². The normalized spacial score (nSPS) is 28.7. The standard InChI is InChI=1S/C14H30N4.C4H11N/c1-15-5-3-7-18-12-10-16(2)6-4-8-17(11-9-15)13-14-18;1-3-5-4-2/h3-14H2,1-2H3;5H,3-4H2,1-2H3. The quantitative estimate of drug-likeness (QED) is 0.812. The maximum atomic E-state index is 3.11. The highest BCUT2D eigenvalue weighted by Gasteiger charge is 2.15. The monoisotopic (exact) mass is 327 g/mol. The number of rotatable bonds is 2.